The highest BCUT2D eigenvalue weighted by Crippen LogP contribution is 2.26. The minimum atomic E-state index is -0.615. The Morgan fingerprint density at radius 3 is 2.60 bits per heavy atom. The average molecular weight is 455 g/mol. The van der Waals surface area contributed by atoms with Crippen molar-refractivity contribution in [3.05, 3.63) is 34.7 Å². The SMILES string of the molecule is Cc1c(Cl)cccc1NC(=O)CSc1nnc([C@H](NC(=O)OC(C)(C)C)C(C)C)o1. The van der Waals surface area contributed by atoms with Crippen LogP contribution in [-0.4, -0.2) is 33.6 Å². The molecule has 2 N–H and O–H groups in total. The minimum Gasteiger partial charge on any atom is -0.444 e. The Morgan fingerprint density at radius 1 is 1.27 bits per heavy atom. The van der Waals surface area contributed by atoms with Crippen molar-refractivity contribution in [1.29, 1.82) is 0 Å². The van der Waals surface area contributed by atoms with Crippen molar-refractivity contribution in [2.75, 3.05) is 11.1 Å². The Hall–Kier alpha value is -2.26. The van der Waals surface area contributed by atoms with E-state index in [4.69, 9.17) is 20.8 Å². The number of benzene rings is 1. The molecule has 1 aromatic carbocycles. The molecule has 2 rings (SSSR count). The van der Waals surface area contributed by atoms with Gasteiger partial charge >= 0.3 is 6.09 Å². The van der Waals surface area contributed by atoms with E-state index in [1.165, 1.54) is 0 Å². The zero-order valence-corrected chi connectivity index (χ0v) is 19.5. The number of rotatable bonds is 7. The minimum absolute atomic E-state index is 0.00933. The lowest BCUT2D eigenvalue weighted by Crippen LogP contribution is -2.37. The van der Waals surface area contributed by atoms with Crippen LogP contribution in [0.15, 0.2) is 27.8 Å². The number of carbonyl (C=O) groups excluding carboxylic acids is 2. The van der Waals surface area contributed by atoms with Gasteiger partial charge in [-0.05, 0) is 51.3 Å². The van der Waals surface area contributed by atoms with Gasteiger partial charge in [0.25, 0.3) is 5.22 Å². The Kier molecular flexibility index (Phi) is 8.14. The summed E-state index contributed by atoms with van der Waals surface area (Å²) in [5, 5.41) is 14.4. The summed E-state index contributed by atoms with van der Waals surface area (Å²) in [6, 6.07) is 4.80. The second-order valence-electron chi connectivity index (χ2n) is 8.02. The van der Waals surface area contributed by atoms with Crippen LogP contribution < -0.4 is 10.6 Å². The van der Waals surface area contributed by atoms with Gasteiger partial charge in [-0.1, -0.05) is 43.3 Å². The van der Waals surface area contributed by atoms with Crippen molar-refractivity contribution < 1.29 is 18.7 Å². The number of ether oxygens (including phenoxy) is 1. The first kappa shape index (κ1) is 24.0. The predicted octanol–water partition coefficient (Wildman–Crippen LogP) is 4.98. The monoisotopic (exact) mass is 454 g/mol. The van der Waals surface area contributed by atoms with E-state index in [-0.39, 0.29) is 28.7 Å². The number of carbonyl (C=O) groups is 2. The lowest BCUT2D eigenvalue weighted by atomic mass is 10.1. The number of nitrogens with one attached hydrogen (secondary N) is 2. The topological polar surface area (TPSA) is 106 Å². The molecule has 0 saturated heterocycles. The van der Waals surface area contributed by atoms with Crippen molar-refractivity contribution in [3.63, 3.8) is 0 Å². The summed E-state index contributed by atoms with van der Waals surface area (Å²) in [6.07, 6.45) is -0.565. The average Bonchev–Trinajstić information content (AvgIpc) is 3.09. The molecule has 0 radical (unpaired) electrons. The molecule has 0 aliphatic carbocycles. The summed E-state index contributed by atoms with van der Waals surface area (Å²) in [6.45, 7) is 11.0. The van der Waals surface area contributed by atoms with Gasteiger partial charge in [0.15, 0.2) is 0 Å². The molecule has 164 valence electrons. The predicted molar refractivity (Wildman–Crippen MR) is 117 cm³/mol. The maximum Gasteiger partial charge on any atom is 0.408 e. The quantitative estimate of drug-likeness (QED) is 0.568. The molecule has 0 saturated carbocycles. The molecule has 0 spiro atoms. The van der Waals surface area contributed by atoms with E-state index in [9.17, 15) is 9.59 Å². The standard InChI is InChI=1S/C20H27ClN4O4S/c1-11(2)16(23-18(27)29-20(4,5)6)17-24-25-19(28-17)30-10-15(26)22-14-9-7-8-13(21)12(14)3/h7-9,11,16H,10H2,1-6H3,(H,22,26)(H,23,27)/t16-/m1/s1. The molecule has 2 aromatic rings. The number of alkyl carbamates (subject to hydrolysis) is 1. The van der Waals surface area contributed by atoms with Gasteiger partial charge in [0.1, 0.15) is 11.6 Å². The summed E-state index contributed by atoms with van der Waals surface area (Å²) in [7, 11) is 0. The molecule has 0 aliphatic rings. The van der Waals surface area contributed by atoms with E-state index < -0.39 is 17.7 Å². The van der Waals surface area contributed by atoms with Crippen LogP contribution >= 0.6 is 23.4 Å². The van der Waals surface area contributed by atoms with Crippen molar-refractivity contribution in [2.24, 2.45) is 5.92 Å². The second kappa shape index (κ2) is 10.2. The lowest BCUT2D eigenvalue weighted by molar-refractivity contribution is -0.113. The summed E-state index contributed by atoms with van der Waals surface area (Å²) in [5.41, 5.74) is 0.835. The molecule has 2 amide bonds. The molecule has 8 nitrogen and oxygen atoms in total. The number of hydrogen-bond acceptors (Lipinski definition) is 7. The number of amides is 2. The van der Waals surface area contributed by atoms with Crippen LogP contribution in [0.25, 0.3) is 0 Å². The summed E-state index contributed by atoms with van der Waals surface area (Å²) >= 11 is 7.18. The normalized spacial score (nSPS) is 12.5. The molecular weight excluding hydrogens is 428 g/mol. The highest BCUT2D eigenvalue weighted by molar-refractivity contribution is 7.99. The Balaban J connectivity index is 1.96. The fourth-order valence-electron chi connectivity index (χ4n) is 2.41. The fourth-order valence-corrected chi connectivity index (χ4v) is 3.15. The van der Waals surface area contributed by atoms with E-state index in [1.807, 2.05) is 20.8 Å². The first-order valence-corrected chi connectivity index (χ1v) is 10.8. The summed E-state index contributed by atoms with van der Waals surface area (Å²) in [5.74, 6) is 0.103. The largest absolute Gasteiger partial charge is 0.444 e. The highest BCUT2D eigenvalue weighted by Gasteiger charge is 2.27. The van der Waals surface area contributed by atoms with Gasteiger partial charge in [-0.3, -0.25) is 4.79 Å². The van der Waals surface area contributed by atoms with Crippen LogP contribution in [-0.2, 0) is 9.53 Å². The molecular formula is C20H27ClN4O4S. The van der Waals surface area contributed by atoms with E-state index in [1.54, 1.807) is 39.0 Å². The number of thioether (sulfide) groups is 1. The summed E-state index contributed by atoms with van der Waals surface area (Å²) in [4.78, 5) is 24.3. The number of aromatic nitrogens is 2. The smallest absolute Gasteiger partial charge is 0.408 e. The van der Waals surface area contributed by atoms with Crippen LogP contribution in [0.1, 0.15) is 52.1 Å². The molecule has 0 fully saturated rings. The van der Waals surface area contributed by atoms with Gasteiger partial charge in [0.05, 0.1) is 5.75 Å². The van der Waals surface area contributed by atoms with Gasteiger partial charge < -0.3 is 19.8 Å². The van der Waals surface area contributed by atoms with E-state index in [2.05, 4.69) is 20.8 Å². The Labute approximate surface area is 185 Å². The lowest BCUT2D eigenvalue weighted by Gasteiger charge is -2.23. The molecule has 30 heavy (non-hydrogen) atoms. The van der Waals surface area contributed by atoms with Crippen LogP contribution in [0, 0.1) is 12.8 Å². The van der Waals surface area contributed by atoms with Crippen molar-refractivity contribution in [3.8, 4) is 0 Å². The molecule has 1 heterocycles. The molecule has 1 aromatic heterocycles. The van der Waals surface area contributed by atoms with Crippen LogP contribution in [0.3, 0.4) is 0 Å². The summed E-state index contributed by atoms with van der Waals surface area (Å²) < 4.78 is 10.9. The third-order valence-electron chi connectivity index (χ3n) is 3.90. The number of anilines is 1. The maximum atomic E-state index is 12.2. The van der Waals surface area contributed by atoms with E-state index in [0.29, 0.717) is 10.7 Å². The first-order chi connectivity index (χ1) is 14.0. The van der Waals surface area contributed by atoms with Crippen molar-refractivity contribution in [2.45, 2.75) is 58.4 Å². The molecule has 0 aliphatic heterocycles. The van der Waals surface area contributed by atoms with Crippen LogP contribution in [0.5, 0.6) is 0 Å². The van der Waals surface area contributed by atoms with Crippen LogP contribution in [0.4, 0.5) is 10.5 Å². The van der Waals surface area contributed by atoms with Gasteiger partial charge in [-0.15, -0.1) is 10.2 Å². The number of hydrogen-bond donors (Lipinski definition) is 2. The fraction of sp³-hybridized carbons (Fsp3) is 0.500. The Morgan fingerprint density at radius 2 is 1.97 bits per heavy atom. The van der Waals surface area contributed by atoms with Gasteiger partial charge in [0.2, 0.25) is 11.8 Å². The molecule has 1 atom stereocenters. The van der Waals surface area contributed by atoms with Gasteiger partial charge in [-0.25, -0.2) is 4.79 Å². The third-order valence-corrected chi connectivity index (χ3v) is 5.12. The van der Waals surface area contributed by atoms with Gasteiger partial charge in [0, 0.05) is 10.7 Å². The first-order valence-electron chi connectivity index (χ1n) is 9.47. The van der Waals surface area contributed by atoms with E-state index >= 15 is 0 Å². The second-order valence-corrected chi connectivity index (χ2v) is 9.36. The zero-order valence-electron chi connectivity index (χ0n) is 17.9. The number of halogens is 1. The van der Waals surface area contributed by atoms with Crippen LogP contribution in [0.2, 0.25) is 5.02 Å². The Bertz CT molecular complexity index is 895. The molecule has 0 unspecified atom stereocenters. The molecule has 0 bridgehead atoms. The molecule has 10 heteroatoms. The number of nitrogens with zero attached hydrogens (tertiary/aromatic N) is 2. The van der Waals surface area contributed by atoms with E-state index in [0.717, 1.165) is 17.3 Å². The van der Waals surface area contributed by atoms with Crippen molar-refractivity contribution >= 4 is 41.1 Å². The zero-order chi connectivity index (χ0) is 22.5. The van der Waals surface area contributed by atoms with Crippen molar-refractivity contribution in [1.82, 2.24) is 15.5 Å². The highest BCUT2D eigenvalue weighted by atomic mass is 35.5. The maximum absolute atomic E-state index is 12.2. The van der Waals surface area contributed by atoms with Gasteiger partial charge in [-0.2, -0.15) is 0 Å². The third kappa shape index (κ3) is 7.21.